The van der Waals surface area contributed by atoms with Crippen molar-refractivity contribution in [1.29, 1.82) is 0 Å². The van der Waals surface area contributed by atoms with Gasteiger partial charge in [-0.1, -0.05) is 18.2 Å². The summed E-state index contributed by atoms with van der Waals surface area (Å²) in [6.45, 7) is 1.94. The van der Waals surface area contributed by atoms with E-state index < -0.39 is 6.09 Å². The average molecular weight is 242 g/mol. The summed E-state index contributed by atoms with van der Waals surface area (Å²) in [5, 5.41) is 2.63. The molecule has 0 saturated heterocycles. The zero-order valence-corrected chi connectivity index (χ0v) is 10.3. The minimum absolute atomic E-state index is 0.482. The molecular formula is C14H14N2O2. The van der Waals surface area contributed by atoms with Gasteiger partial charge in [0.1, 0.15) is 0 Å². The largest absolute Gasteiger partial charge is 0.453 e. The molecule has 0 unspecified atom stereocenters. The van der Waals surface area contributed by atoms with Gasteiger partial charge in [0.25, 0.3) is 0 Å². The first-order valence-electron chi connectivity index (χ1n) is 5.58. The number of nitrogens with one attached hydrogen (secondary N) is 1. The van der Waals surface area contributed by atoms with Crippen LogP contribution in [0.4, 0.5) is 10.5 Å². The molecule has 0 radical (unpaired) electrons. The van der Waals surface area contributed by atoms with Crippen molar-refractivity contribution in [2.45, 2.75) is 6.92 Å². The number of methoxy groups -OCH3 is 1. The highest BCUT2D eigenvalue weighted by Crippen LogP contribution is 2.21. The van der Waals surface area contributed by atoms with Crippen LogP contribution in [0.2, 0.25) is 0 Å². The molecule has 0 aliphatic carbocycles. The molecule has 4 nitrogen and oxygen atoms in total. The smallest absolute Gasteiger partial charge is 0.411 e. The molecule has 1 amide bonds. The van der Waals surface area contributed by atoms with Crippen LogP contribution in [-0.2, 0) is 4.74 Å². The van der Waals surface area contributed by atoms with Crippen LogP contribution in [0.5, 0.6) is 0 Å². The lowest BCUT2D eigenvalue weighted by molar-refractivity contribution is 0.187. The van der Waals surface area contributed by atoms with Crippen molar-refractivity contribution in [2.75, 3.05) is 12.4 Å². The molecule has 1 N–H and O–H groups in total. The number of pyridine rings is 1. The molecule has 4 heteroatoms. The highest BCUT2D eigenvalue weighted by Gasteiger charge is 2.03. The molecule has 0 spiro atoms. The number of nitrogens with zero attached hydrogens (tertiary/aromatic N) is 1. The van der Waals surface area contributed by atoms with E-state index in [1.807, 2.05) is 43.3 Å². The molecule has 0 fully saturated rings. The number of carbonyl (C=O) groups excluding carboxylic acids is 1. The van der Waals surface area contributed by atoms with E-state index in [1.54, 1.807) is 6.07 Å². The number of aromatic nitrogens is 1. The van der Waals surface area contributed by atoms with E-state index in [0.717, 1.165) is 17.0 Å². The number of anilines is 1. The standard InChI is InChI=1S/C14H14N2O2/c1-10-5-3-8-13(15-10)11-6-4-7-12(9-11)16-14(17)18-2/h3-9H,1-2H3,(H,16,17). The summed E-state index contributed by atoms with van der Waals surface area (Å²) < 4.78 is 4.55. The van der Waals surface area contributed by atoms with Crippen molar-refractivity contribution in [3.63, 3.8) is 0 Å². The molecular weight excluding hydrogens is 228 g/mol. The maximum absolute atomic E-state index is 11.1. The van der Waals surface area contributed by atoms with E-state index in [-0.39, 0.29) is 0 Å². The van der Waals surface area contributed by atoms with Crippen molar-refractivity contribution in [2.24, 2.45) is 0 Å². The van der Waals surface area contributed by atoms with Gasteiger partial charge in [0, 0.05) is 16.9 Å². The molecule has 2 rings (SSSR count). The molecule has 18 heavy (non-hydrogen) atoms. The van der Waals surface area contributed by atoms with E-state index in [0.29, 0.717) is 5.69 Å². The third-order valence-corrected chi connectivity index (χ3v) is 2.48. The zero-order valence-electron chi connectivity index (χ0n) is 10.3. The van der Waals surface area contributed by atoms with Gasteiger partial charge in [0.2, 0.25) is 0 Å². The Hall–Kier alpha value is -2.36. The zero-order chi connectivity index (χ0) is 13.0. The van der Waals surface area contributed by atoms with Crippen molar-refractivity contribution in [3.05, 3.63) is 48.2 Å². The number of hydrogen-bond donors (Lipinski definition) is 1. The molecule has 92 valence electrons. The Kier molecular flexibility index (Phi) is 3.57. The van der Waals surface area contributed by atoms with Crippen LogP contribution in [-0.4, -0.2) is 18.2 Å². The minimum atomic E-state index is -0.482. The highest BCUT2D eigenvalue weighted by atomic mass is 16.5. The molecule has 0 aliphatic heterocycles. The summed E-state index contributed by atoms with van der Waals surface area (Å²) in [5.41, 5.74) is 3.47. The van der Waals surface area contributed by atoms with E-state index in [4.69, 9.17) is 0 Å². The molecule has 1 heterocycles. The van der Waals surface area contributed by atoms with E-state index >= 15 is 0 Å². The maximum Gasteiger partial charge on any atom is 0.411 e. The first-order valence-corrected chi connectivity index (χ1v) is 5.58. The quantitative estimate of drug-likeness (QED) is 0.879. The minimum Gasteiger partial charge on any atom is -0.453 e. The first kappa shape index (κ1) is 12.1. The molecule has 0 aliphatic rings. The maximum atomic E-state index is 11.1. The third kappa shape index (κ3) is 2.85. The van der Waals surface area contributed by atoms with Gasteiger partial charge in [-0.15, -0.1) is 0 Å². The van der Waals surface area contributed by atoms with Gasteiger partial charge in [0.15, 0.2) is 0 Å². The molecule has 0 bridgehead atoms. The van der Waals surface area contributed by atoms with Crippen molar-refractivity contribution in [1.82, 2.24) is 4.98 Å². The topological polar surface area (TPSA) is 51.2 Å². The van der Waals surface area contributed by atoms with Gasteiger partial charge in [-0.05, 0) is 31.2 Å². The lowest BCUT2D eigenvalue weighted by Crippen LogP contribution is -2.10. The van der Waals surface area contributed by atoms with Gasteiger partial charge in [-0.2, -0.15) is 0 Å². The van der Waals surface area contributed by atoms with Crippen LogP contribution < -0.4 is 5.32 Å². The van der Waals surface area contributed by atoms with Gasteiger partial charge in [0.05, 0.1) is 12.8 Å². The Morgan fingerprint density at radius 3 is 2.72 bits per heavy atom. The van der Waals surface area contributed by atoms with E-state index in [9.17, 15) is 4.79 Å². The van der Waals surface area contributed by atoms with E-state index in [1.165, 1.54) is 7.11 Å². The van der Waals surface area contributed by atoms with Crippen molar-refractivity contribution in [3.8, 4) is 11.3 Å². The Bertz CT molecular complexity index is 567. The lowest BCUT2D eigenvalue weighted by Gasteiger charge is -2.06. The molecule has 1 aromatic heterocycles. The monoisotopic (exact) mass is 242 g/mol. The SMILES string of the molecule is COC(=O)Nc1cccc(-c2cccc(C)n2)c1. The number of benzene rings is 1. The second-order valence-corrected chi connectivity index (χ2v) is 3.86. The fourth-order valence-corrected chi connectivity index (χ4v) is 1.63. The first-order chi connectivity index (χ1) is 8.69. The van der Waals surface area contributed by atoms with Gasteiger partial charge in [-0.25, -0.2) is 4.79 Å². The Labute approximate surface area is 106 Å². The number of aryl methyl sites for hydroxylation is 1. The summed E-state index contributed by atoms with van der Waals surface area (Å²) in [7, 11) is 1.33. The highest BCUT2D eigenvalue weighted by molar-refractivity contribution is 5.85. The van der Waals surface area contributed by atoms with Crippen LogP contribution in [0.1, 0.15) is 5.69 Å². The van der Waals surface area contributed by atoms with Gasteiger partial charge >= 0.3 is 6.09 Å². The van der Waals surface area contributed by atoms with Gasteiger partial charge < -0.3 is 4.74 Å². The molecule has 0 atom stereocenters. The summed E-state index contributed by atoms with van der Waals surface area (Å²) in [4.78, 5) is 15.6. The summed E-state index contributed by atoms with van der Waals surface area (Å²) in [6.07, 6.45) is -0.482. The number of rotatable bonds is 2. The van der Waals surface area contributed by atoms with Gasteiger partial charge in [-0.3, -0.25) is 10.3 Å². The fraction of sp³-hybridized carbons (Fsp3) is 0.143. The number of ether oxygens (including phenoxy) is 1. The fourth-order valence-electron chi connectivity index (χ4n) is 1.63. The second kappa shape index (κ2) is 5.31. The molecule has 1 aromatic carbocycles. The second-order valence-electron chi connectivity index (χ2n) is 3.86. The van der Waals surface area contributed by atoms with Crippen LogP contribution in [0.15, 0.2) is 42.5 Å². The Balaban J connectivity index is 2.29. The van der Waals surface area contributed by atoms with Crippen molar-refractivity contribution >= 4 is 11.8 Å². The third-order valence-electron chi connectivity index (χ3n) is 2.48. The van der Waals surface area contributed by atoms with Crippen LogP contribution in [0.3, 0.4) is 0 Å². The molecule has 0 saturated carbocycles. The summed E-state index contributed by atoms with van der Waals surface area (Å²) in [6, 6.07) is 13.3. The van der Waals surface area contributed by atoms with Crippen LogP contribution in [0.25, 0.3) is 11.3 Å². The molecule has 2 aromatic rings. The van der Waals surface area contributed by atoms with Crippen LogP contribution >= 0.6 is 0 Å². The number of carbonyl (C=O) groups is 1. The van der Waals surface area contributed by atoms with Crippen LogP contribution in [0, 0.1) is 6.92 Å². The van der Waals surface area contributed by atoms with Crippen molar-refractivity contribution < 1.29 is 9.53 Å². The van der Waals surface area contributed by atoms with E-state index in [2.05, 4.69) is 15.0 Å². The summed E-state index contributed by atoms with van der Waals surface area (Å²) >= 11 is 0. The summed E-state index contributed by atoms with van der Waals surface area (Å²) in [5.74, 6) is 0. The normalized spacial score (nSPS) is 9.89. The average Bonchev–Trinajstić information content (AvgIpc) is 2.39. The lowest BCUT2D eigenvalue weighted by atomic mass is 10.1. The predicted octanol–water partition coefficient (Wildman–Crippen LogP) is 3.24. The number of amides is 1. The Morgan fingerprint density at radius 2 is 2.00 bits per heavy atom. The predicted molar refractivity (Wildman–Crippen MR) is 70.4 cm³/mol. The Morgan fingerprint density at radius 1 is 1.22 bits per heavy atom. The number of hydrogen-bond acceptors (Lipinski definition) is 3.